The van der Waals surface area contributed by atoms with E-state index in [0.29, 0.717) is 12.3 Å². The Morgan fingerprint density at radius 3 is 2.60 bits per heavy atom. The number of aliphatic hydroxyl groups excluding tert-OH is 1. The average Bonchev–Trinajstić information content (AvgIpc) is 2.47. The number of aromatic nitrogens is 1. The minimum Gasteiger partial charge on any atom is -0.388 e. The Labute approximate surface area is 143 Å². The lowest BCUT2D eigenvalue weighted by molar-refractivity contribution is -0.138. The van der Waals surface area contributed by atoms with Gasteiger partial charge in [0, 0.05) is 12.8 Å². The third-order valence-electron chi connectivity index (χ3n) is 3.97. The molecule has 2 unspecified atom stereocenters. The second-order valence-corrected chi connectivity index (χ2v) is 6.94. The molecule has 1 aliphatic heterocycles. The van der Waals surface area contributed by atoms with Crippen LogP contribution in [-0.2, 0) is 21.2 Å². The van der Waals surface area contributed by atoms with E-state index in [2.05, 4.69) is 10.3 Å². The summed E-state index contributed by atoms with van der Waals surface area (Å²) in [5.41, 5.74) is -3.35. The van der Waals surface area contributed by atoms with Gasteiger partial charge in [0.2, 0.25) is 0 Å². The van der Waals surface area contributed by atoms with Gasteiger partial charge in [-0.2, -0.15) is 13.2 Å². The van der Waals surface area contributed by atoms with Crippen LogP contribution in [0.2, 0.25) is 0 Å². The van der Waals surface area contributed by atoms with Crippen LogP contribution in [0.1, 0.15) is 38.4 Å². The standard InChI is InChI=1S/C16H22F4N2O3/c1-14(2,3)25-9-22-15(4-5-24-8-12(15)23)13-11(17)6-10(7-21-13)16(18,19)20/h6-7,12,22-23H,4-5,8-9H2,1-3H3. The fraction of sp³-hybridized carbons (Fsp3) is 0.688. The molecule has 0 amide bonds. The molecular weight excluding hydrogens is 344 g/mol. The first-order chi connectivity index (χ1) is 11.5. The number of nitrogens with one attached hydrogen (secondary N) is 1. The van der Waals surface area contributed by atoms with Crippen molar-refractivity contribution in [1.82, 2.24) is 10.3 Å². The summed E-state index contributed by atoms with van der Waals surface area (Å²) in [6, 6.07) is 0.387. The van der Waals surface area contributed by atoms with Crippen molar-refractivity contribution in [1.29, 1.82) is 0 Å². The van der Waals surface area contributed by atoms with E-state index in [4.69, 9.17) is 9.47 Å². The van der Waals surface area contributed by atoms with Crippen molar-refractivity contribution in [2.75, 3.05) is 19.9 Å². The number of alkyl halides is 3. The molecule has 5 nitrogen and oxygen atoms in total. The molecule has 1 aromatic heterocycles. The fourth-order valence-electron chi connectivity index (χ4n) is 2.61. The highest BCUT2D eigenvalue weighted by atomic mass is 19.4. The first-order valence-corrected chi connectivity index (χ1v) is 7.84. The van der Waals surface area contributed by atoms with Crippen LogP contribution >= 0.6 is 0 Å². The monoisotopic (exact) mass is 366 g/mol. The molecule has 2 rings (SSSR count). The van der Waals surface area contributed by atoms with Gasteiger partial charge in [-0.05, 0) is 33.3 Å². The smallest absolute Gasteiger partial charge is 0.388 e. The van der Waals surface area contributed by atoms with Crippen molar-refractivity contribution in [2.45, 2.75) is 50.6 Å². The molecule has 2 N–H and O–H groups in total. The van der Waals surface area contributed by atoms with E-state index in [-0.39, 0.29) is 32.1 Å². The highest BCUT2D eigenvalue weighted by Gasteiger charge is 2.46. The van der Waals surface area contributed by atoms with Gasteiger partial charge in [-0.25, -0.2) is 4.39 Å². The number of pyridine rings is 1. The summed E-state index contributed by atoms with van der Waals surface area (Å²) in [5, 5.41) is 13.3. The van der Waals surface area contributed by atoms with Crippen molar-refractivity contribution in [2.24, 2.45) is 0 Å². The molecule has 1 saturated heterocycles. The normalized spacial score (nSPS) is 25.2. The molecule has 1 aliphatic rings. The predicted molar refractivity (Wildman–Crippen MR) is 81.2 cm³/mol. The summed E-state index contributed by atoms with van der Waals surface area (Å²) in [6.07, 6.45) is -5.19. The summed E-state index contributed by atoms with van der Waals surface area (Å²) in [5.74, 6) is -1.14. The molecule has 0 spiro atoms. The number of hydrogen-bond acceptors (Lipinski definition) is 5. The topological polar surface area (TPSA) is 63.6 Å². The Bertz CT molecular complexity index is 604. The molecule has 9 heteroatoms. The number of halogens is 4. The number of hydrogen-bond donors (Lipinski definition) is 2. The molecule has 2 atom stereocenters. The summed E-state index contributed by atoms with van der Waals surface area (Å²) in [7, 11) is 0. The fourth-order valence-corrected chi connectivity index (χ4v) is 2.61. The Kier molecular flexibility index (Phi) is 5.72. The minimum absolute atomic E-state index is 0.0390. The number of ether oxygens (including phenoxy) is 2. The van der Waals surface area contributed by atoms with Crippen molar-refractivity contribution in [3.8, 4) is 0 Å². The largest absolute Gasteiger partial charge is 0.417 e. The Hall–Kier alpha value is -1.29. The quantitative estimate of drug-likeness (QED) is 0.634. The lowest BCUT2D eigenvalue weighted by Gasteiger charge is -2.42. The second kappa shape index (κ2) is 7.14. The lowest BCUT2D eigenvalue weighted by Crippen LogP contribution is -2.58. The van der Waals surface area contributed by atoms with Gasteiger partial charge in [-0.1, -0.05) is 0 Å². The summed E-state index contributed by atoms with van der Waals surface area (Å²) >= 11 is 0. The van der Waals surface area contributed by atoms with Gasteiger partial charge in [-0.15, -0.1) is 0 Å². The van der Waals surface area contributed by atoms with Gasteiger partial charge < -0.3 is 14.6 Å². The molecule has 142 valence electrons. The molecule has 1 aromatic rings. The van der Waals surface area contributed by atoms with Gasteiger partial charge >= 0.3 is 6.18 Å². The first-order valence-electron chi connectivity index (χ1n) is 7.84. The van der Waals surface area contributed by atoms with E-state index >= 15 is 0 Å². The summed E-state index contributed by atoms with van der Waals surface area (Å²) < 4.78 is 63.4. The van der Waals surface area contributed by atoms with Gasteiger partial charge in [0.25, 0.3) is 0 Å². The number of rotatable bonds is 4. The van der Waals surface area contributed by atoms with Crippen LogP contribution in [0.15, 0.2) is 12.3 Å². The van der Waals surface area contributed by atoms with E-state index in [0.717, 1.165) is 0 Å². The highest BCUT2D eigenvalue weighted by molar-refractivity contribution is 5.26. The summed E-state index contributed by atoms with van der Waals surface area (Å²) in [4.78, 5) is 3.68. The van der Waals surface area contributed by atoms with Crippen LogP contribution in [-0.4, -0.2) is 41.7 Å². The van der Waals surface area contributed by atoms with Crippen LogP contribution < -0.4 is 5.32 Å². The maximum absolute atomic E-state index is 14.4. The zero-order chi connectivity index (χ0) is 18.9. The van der Waals surface area contributed by atoms with Gasteiger partial charge in [0.05, 0.1) is 35.7 Å². The molecular formula is C16H22F4N2O3. The van der Waals surface area contributed by atoms with Crippen molar-refractivity contribution in [3.63, 3.8) is 0 Å². The molecule has 0 bridgehead atoms. The Morgan fingerprint density at radius 2 is 2.08 bits per heavy atom. The van der Waals surface area contributed by atoms with Crippen LogP contribution in [0.5, 0.6) is 0 Å². The molecule has 0 saturated carbocycles. The predicted octanol–water partition coefficient (Wildman–Crippen LogP) is 2.58. The van der Waals surface area contributed by atoms with Gasteiger partial charge in [0.15, 0.2) is 0 Å². The number of nitrogens with zero attached hydrogens (tertiary/aromatic N) is 1. The Balaban J connectivity index is 2.35. The molecule has 0 aliphatic carbocycles. The van der Waals surface area contributed by atoms with E-state index < -0.39 is 34.8 Å². The second-order valence-electron chi connectivity index (χ2n) is 6.94. The van der Waals surface area contributed by atoms with Crippen molar-refractivity contribution < 1.29 is 32.1 Å². The highest BCUT2D eigenvalue weighted by Crippen LogP contribution is 2.36. The molecule has 0 radical (unpaired) electrons. The van der Waals surface area contributed by atoms with E-state index in [1.54, 1.807) is 0 Å². The maximum atomic E-state index is 14.4. The first kappa shape index (κ1) is 20.0. The Morgan fingerprint density at radius 1 is 1.40 bits per heavy atom. The average molecular weight is 366 g/mol. The third kappa shape index (κ3) is 4.66. The molecule has 2 heterocycles. The van der Waals surface area contributed by atoms with Gasteiger partial charge in [0.1, 0.15) is 11.9 Å². The lowest BCUT2D eigenvalue weighted by atomic mass is 9.83. The van der Waals surface area contributed by atoms with Crippen LogP contribution in [0, 0.1) is 5.82 Å². The van der Waals surface area contributed by atoms with Crippen molar-refractivity contribution >= 4 is 0 Å². The van der Waals surface area contributed by atoms with Crippen LogP contribution in [0.3, 0.4) is 0 Å². The van der Waals surface area contributed by atoms with Crippen molar-refractivity contribution in [3.05, 3.63) is 29.3 Å². The minimum atomic E-state index is -4.70. The summed E-state index contributed by atoms with van der Waals surface area (Å²) in [6.45, 7) is 5.52. The van der Waals surface area contributed by atoms with E-state index in [9.17, 15) is 22.7 Å². The zero-order valence-corrected chi connectivity index (χ0v) is 14.3. The molecule has 0 aromatic carbocycles. The van der Waals surface area contributed by atoms with E-state index in [1.807, 2.05) is 20.8 Å². The van der Waals surface area contributed by atoms with Gasteiger partial charge in [-0.3, -0.25) is 10.3 Å². The van der Waals surface area contributed by atoms with Crippen LogP contribution in [0.4, 0.5) is 17.6 Å². The molecule has 25 heavy (non-hydrogen) atoms. The maximum Gasteiger partial charge on any atom is 0.417 e. The third-order valence-corrected chi connectivity index (χ3v) is 3.97. The molecule has 1 fully saturated rings. The zero-order valence-electron chi connectivity index (χ0n) is 14.3. The van der Waals surface area contributed by atoms with E-state index in [1.165, 1.54) is 0 Å². The van der Waals surface area contributed by atoms with Crippen LogP contribution in [0.25, 0.3) is 0 Å². The number of aliphatic hydroxyl groups is 1. The SMILES string of the molecule is CC(C)(C)OCNC1(c2ncc(C(F)(F)F)cc2F)CCOCC1O.